The molecule has 2 amide bonds. The molecule has 2 rings (SSSR count). The van der Waals surface area contributed by atoms with Gasteiger partial charge in [0.05, 0.1) is 31.2 Å². The van der Waals surface area contributed by atoms with Crippen molar-refractivity contribution in [2.45, 2.75) is 13.0 Å². The minimum Gasteiger partial charge on any atom is -0.496 e. The first kappa shape index (κ1) is 20.2. The molecule has 27 heavy (non-hydrogen) atoms. The zero-order valence-corrected chi connectivity index (χ0v) is 15.7. The Bertz CT molecular complexity index is 851. The van der Waals surface area contributed by atoms with E-state index >= 15 is 0 Å². The van der Waals surface area contributed by atoms with Crippen molar-refractivity contribution in [3.8, 4) is 11.5 Å². The first-order valence-electron chi connectivity index (χ1n) is 7.50. The number of amides is 2. The van der Waals surface area contributed by atoms with Gasteiger partial charge in [0.25, 0.3) is 11.1 Å². The number of carbonyl (C=O) groups excluding carboxylic acids is 3. The van der Waals surface area contributed by atoms with E-state index in [2.05, 4.69) is 4.74 Å². The van der Waals surface area contributed by atoms with Crippen molar-refractivity contribution in [1.82, 2.24) is 4.90 Å². The van der Waals surface area contributed by atoms with Gasteiger partial charge in [-0.1, -0.05) is 0 Å². The number of hydrogen-bond donors (Lipinski definition) is 0. The van der Waals surface area contributed by atoms with Gasteiger partial charge in [0, 0.05) is 17.7 Å². The minimum absolute atomic E-state index is 0.00600. The average molecular weight is 396 g/mol. The lowest BCUT2D eigenvalue weighted by molar-refractivity contribution is -0.385. The molecule has 0 saturated carbocycles. The molecule has 0 aliphatic carbocycles. The van der Waals surface area contributed by atoms with E-state index in [0.717, 1.165) is 12.0 Å². The van der Waals surface area contributed by atoms with Crippen molar-refractivity contribution in [1.29, 1.82) is 0 Å². The molecule has 1 heterocycles. The standard InChI is InChI=1S/C16H16N2O8S/c1-8(15(20)26-4)17-14(19)13(27-16(17)21)6-9-5-10(18(22)23)12(25-3)7-11(9)24-2/h5-8H,1-4H3/b13-6+/t8-/m0/s1. The van der Waals surface area contributed by atoms with Gasteiger partial charge in [-0.05, 0) is 24.8 Å². The largest absolute Gasteiger partial charge is 0.496 e. The predicted molar refractivity (Wildman–Crippen MR) is 95.5 cm³/mol. The molecular weight excluding hydrogens is 380 g/mol. The second-order valence-electron chi connectivity index (χ2n) is 5.27. The number of imide groups is 1. The summed E-state index contributed by atoms with van der Waals surface area (Å²) in [7, 11) is 3.78. The third kappa shape index (κ3) is 3.87. The van der Waals surface area contributed by atoms with Crippen LogP contribution in [0.2, 0.25) is 0 Å². The van der Waals surface area contributed by atoms with E-state index in [1.807, 2.05) is 0 Å². The summed E-state index contributed by atoms with van der Waals surface area (Å²) in [6.07, 6.45) is 1.29. The number of nitro groups is 1. The molecule has 1 atom stereocenters. The fourth-order valence-electron chi connectivity index (χ4n) is 2.39. The Kier molecular flexibility index (Phi) is 6.05. The Hall–Kier alpha value is -3.08. The fraction of sp³-hybridized carbons (Fsp3) is 0.312. The smallest absolute Gasteiger partial charge is 0.328 e. The Morgan fingerprint density at radius 2 is 1.85 bits per heavy atom. The van der Waals surface area contributed by atoms with Crippen molar-refractivity contribution in [3.05, 3.63) is 32.7 Å². The molecule has 0 bridgehead atoms. The van der Waals surface area contributed by atoms with Crippen LogP contribution in [0.1, 0.15) is 12.5 Å². The summed E-state index contributed by atoms with van der Waals surface area (Å²) in [4.78, 5) is 47.6. The van der Waals surface area contributed by atoms with Gasteiger partial charge in [-0.25, -0.2) is 4.79 Å². The fourth-order valence-corrected chi connectivity index (χ4v) is 3.29. The van der Waals surface area contributed by atoms with Crippen molar-refractivity contribution in [2.24, 2.45) is 0 Å². The number of nitrogens with zero attached hydrogens (tertiary/aromatic N) is 2. The second-order valence-corrected chi connectivity index (χ2v) is 6.27. The monoisotopic (exact) mass is 396 g/mol. The molecule has 10 nitrogen and oxygen atoms in total. The first-order chi connectivity index (χ1) is 12.7. The number of rotatable bonds is 6. The van der Waals surface area contributed by atoms with Crippen molar-refractivity contribution < 1.29 is 33.5 Å². The molecule has 1 aliphatic heterocycles. The van der Waals surface area contributed by atoms with Crippen LogP contribution in [0.15, 0.2) is 17.0 Å². The maximum Gasteiger partial charge on any atom is 0.328 e. The second kappa shape index (κ2) is 8.08. The lowest BCUT2D eigenvalue weighted by atomic mass is 10.1. The van der Waals surface area contributed by atoms with Crippen LogP contribution >= 0.6 is 11.8 Å². The molecule has 0 unspecified atom stereocenters. The zero-order chi connectivity index (χ0) is 20.3. The summed E-state index contributed by atoms with van der Waals surface area (Å²) in [6, 6.07) is 1.39. The van der Waals surface area contributed by atoms with Crippen LogP contribution in [0.3, 0.4) is 0 Å². The van der Waals surface area contributed by atoms with Crippen LogP contribution in [0.25, 0.3) is 6.08 Å². The third-order valence-electron chi connectivity index (χ3n) is 3.77. The number of benzene rings is 1. The van der Waals surface area contributed by atoms with Crippen LogP contribution in [0.5, 0.6) is 11.5 Å². The number of hydrogen-bond acceptors (Lipinski definition) is 9. The van der Waals surface area contributed by atoms with Gasteiger partial charge in [-0.15, -0.1) is 0 Å². The van der Waals surface area contributed by atoms with Gasteiger partial charge in [-0.3, -0.25) is 24.6 Å². The quantitative estimate of drug-likeness (QED) is 0.308. The van der Waals surface area contributed by atoms with Crippen LogP contribution < -0.4 is 9.47 Å². The molecule has 144 valence electrons. The third-order valence-corrected chi connectivity index (χ3v) is 4.65. The Morgan fingerprint density at radius 3 is 2.37 bits per heavy atom. The van der Waals surface area contributed by atoms with Gasteiger partial charge < -0.3 is 14.2 Å². The minimum atomic E-state index is -1.10. The first-order valence-corrected chi connectivity index (χ1v) is 8.32. The van der Waals surface area contributed by atoms with Crippen LogP contribution in [0.4, 0.5) is 10.5 Å². The number of methoxy groups -OCH3 is 3. The number of nitro benzene ring substituents is 1. The number of carbonyl (C=O) groups is 3. The summed E-state index contributed by atoms with van der Waals surface area (Å²) in [6.45, 7) is 1.37. The van der Waals surface area contributed by atoms with E-state index in [1.165, 1.54) is 39.4 Å². The SMILES string of the molecule is COC(=O)[C@H](C)N1C(=O)S/C(=C/c2cc([N+](=O)[O-])c(OC)cc2OC)C1=O. The summed E-state index contributed by atoms with van der Waals surface area (Å²) in [5, 5.41) is 10.6. The van der Waals surface area contributed by atoms with Crippen LogP contribution in [-0.2, 0) is 14.3 Å². The summed E-state index contributed by atoms with van der Waals surface area (Å²) in [5.41, 5.74) is -0.118. The van der Waals surface area contributed by atoms with Gasteiger partial charge in [0.15, 0.2) is 0 Å². The summed E-state index contributed by atoms with van der Waals surface area (Å²) < 4.78 is 14.7. The lowest BCUT2D eigenvalue weighted by Gasteiger charge is -2.18. The average Bonchev–Trinajstić information content (AvgIpc) is 2.93. The Morgan fingerprint density at radius 1 is 1.22 bits per heavy atom. The molecule has 0 radical (unpaired) electrons. The normalized spacial score (nSPS) is 16.4. The van der Waals surface area contributed by atoms with E-state index in [9.17, 15) is 24.5 Å². The Balaban J connectivity index is 2.48. The van der Waals surface area contributed by atoms with E-state index < -0.39 is 28.1 Å². The van der Waals surface area contributed by atoms with E-state index in [0.29, 0.717) is 11.8 Å². The summed E-state index contributed by atoms with van der Waals surface area (Å²) in [5.74, 6) is -1.24. The highest BCUT2D eigenvalue weighted by Gasteiger charge is 2.41. The van der Waals surface area contributed by atoms with Crippen LogP contribution in [-0.4, -0.2) is 54.3 Å². The molecule has 1 aromatic rings. The lowest BCUT2D eigenvalue weighted by Crippen LogP contribution is -2.42. The van der Waals surface area contributed by atoms with Crippen molar-refractivity contribution >= 4 is 40.6 Å². The highest BCUT2D eigenvalue weighted by molar-refractivity contribution is 8.18. The molecular formula is C16H16N2O8S. The van der Waals surface area contributed by atoms with Gasteiger partial charge in [-0.2, -0.15) is 0 Å². The van der Waals surface area contributed by atoms with E-state index in [4.69, 9.17) is 9.47 Å². The molecule has 1 fully saturated rings. The van der Waals surface area contributed by atoms with Crippen LogP contribution in [0, 0.1) is 10.1 Å². The number of thioether (sulfide) groups is 1. The molecule has 1 aromatic carbocycles. The molecule has 0 spiro atoms. The number of ether oxygens (including phenoxy) is 3. The molecule has 0 N–H and O–H groups in total. The van der Waals surface area contributed by atoms with E-state index in [1.54, 1.807) is 0 Å². The van der Waals surface area contributed by atoms with Crippen molar-refractivity contribution in [2.75, 3.05) is 21.3 Å². The molecule has 11 heteroatoms. The van der Waals surface area contributed by atoms with Gasteiger partial charge >= 0.3 is 11.7 Å². The Labute approximate surface area is 158 Å². The summed E-state index contributed by atoms with van der Waals surface area (Å²) >= 11 is 0.610. The number of esters is 1. The topological polar surface area (TPSA) is 125 Å². The maximum atomic E-state index is 12.5. The van der Waals surface area contributed by atoms with Gasteiger partial charge in [0.1, 0.15) is 11.8 Å². The van der Waals surface area contributed by atoms with Gasteiger partial charge in [0.2, 0.25) is 5.75 Å². The maximum absolute atomic E-state index is 12.5. The van der Waals surface area contributed by atoms with E-state index in [-0.39, 0.29) is 27.7 Å². The molecule has 0 aromatic heterocycles. The predicted octanol–water partition coefficient (Wildman–Crippen LogP) is 2.21. The molecule has 1 saturated heterocycles. The zero-order valence-electron chi connectivity index (χ0n) is 14.9. The highest BCUT2D eigenvalue weighted by Crippen LogP contribution is 2.39. The molecule has 1 aliphatic rings. The highest BCUT2D eigenvalue weighted by atomic mass is 32.2. The van der Waals surface area contributed by atoms with Crippen molar-refractivity contribution in [3.63, 3.8) is 0 Å².